The van der Waals surface area contributed by atoms with E-state index in [1.807, 2.05) is 36.4 Å². The number of nitrogens with one attached hydrogen (secondary N) is 1. The summed E-state index contributed by atoms with van der Waals surface area (Å²) in [5, 5.41) is 2.97. The van der Waals surface area contributed by atoms with Gasteiger partial charge in [-0.05, 0) is 51.2 Å². The van der Waals surface area contributed by atoms with Crippen LogP contribution in [0.3, 0.4) is 0 Å². The van der Waals surface area contributed by atoms with Gasteiger partial charge in [0.15, 0.2) is 5.60 Å². The number of carbonyl (C=O) groups excluding carboxylic acids is 2. The Morgan fingerprint density at radius 2 is 1.67 bits per heavy atom. The van der Waals surface area contributed by atoms with Crippen molar-refractivity contribution in [3.63, 3.8) is 0 Å². The van der Waals surface area contributed by atoms with Crippen LogP contribution in [0.25, 0.3) is 0 Å². The molecule has 2 aromatic carbocycles. The first kappa shape index (κ1) is 21.6. The number of hydrogen-bond donors (Lipinski definition) is 1. The molecule has 0 spiro atoms. The van der Waals surface area contributed by atoms with E-state index in [-0.39, 0.29) is 5.91 Å². The van der Waals surface area contributed by atoms with Gasteiger partial charge in [-0.15, -0.1) is 0 Å². The van der Waals surface area contributed by atoms with Gasteiger partial charge in [0.25, 0.3) is 5.91 Å². The van der Waals surface area contributed by atoms with E-state index < -0.39 is 11.6 Å². The zero-order valence-electron chi connectivity index (χ0n) is 18.0. The van der Waals surface area contributed by atoms with Crippen LogP contribution in [0.1, 0.15) is 24.2 Å². The molecule has 1 N–H and O–H groups in total. The topological polar surface area (TPSA) is 71.1 Å². The lowest BCUT2D eigenvalue weighted by Gasteiger charge is -2.35. The van der Waals surface area contributed by atoms with Gasteiger partial charge in [-0.3, -0.25) is 4.79 Å². The SMILES string of the molecule is COC(=O)c1ccc(N2CCN(C)CC2)c(NC(=O)C(C)(C)Oc2ccccc2)c1. The standard InChI is InChI=1S/C23H29N3O4/c1-23(2,30-18-8-6-5-7-9-18)22(28)24-19-16-17(21(27)29-4)10-11-20(19)26-14-12-25(3)13-15-26/h5-11,16H,12-15H2,1-4H3,(H,24,28). The van der Waals surface area contributed by atoms with Gasteiger partial charge in [-0.25, -0.2) is 4.79 Å². The number of likely N-dealkylation sites (N-methyl/N-ethyl adjacent to an activating group) is 1. The Hall–Kier alpha value is -3.06. The average Bonchev–Trinajstić information content (AvgIpc) is 2.74. The van der Waals surface area contributed by atoms with Crippen molar-refractivity contribution in [1.29, 1.82) is 0 Å². The van der Waals surface area contributed by atoms with E-state index in [9.17, 15) is 9.59 Å². The average molecular weight is 412 g/mol. The fraction of sp³-hybridized carbons (Fsp3) is 0.391. The van der Waals surface area contributed by atoms with E-state index in [1.54, 1.807) is 26.0 Å². The molecule has 0 radical (unpaired) electrons. The van der Waals surface area contributed by atoms with E-state index >= 15 is 0 Å². The maximum Gasteiger partial charge on any atom is 0.337 e. The van der Waals surface area contributed by atoms with Crippen molar-refractivity contribution in [2.45, 2.75) is 19.4 Å². The summed E-state index contributed by atoms with van der Waals surface area (Å²) in [5.41, 5.74) is 0.714. The zero-order chi connectivity index (χ0) is 21.7. The number of rotatable bonds is 6. The normalized spacial score (nSPS) is 14.9. The number of esters is 1. The number of para-hydroxylation sites is 1. The minimum Gasteiger partial charge on any atom is -0.478 e. The highest BCUT2D eigenvalue weighted by atomic mass is 16.5. The third-order valence-electron chi connectivity index (χ3n) is 5.17. The highest BCUT2D eigenvalue weighted by molar-refractivity contribution is 6.01. The molecule has 3 rings (SSSR count). The van der Waals surface area contributed by atoms with Crippen molar-refractivity contribution >= 4 is 23.3 Å². The van der Waals surface area contributed by atoms with Crippen LogP contribution in [-0.2, 0) is 9.53 Å². The number of carbonyl (C=O) groups is 2. The van der Waals surface area contributed by atoms with E-state index in [2.05, 4.69) is 22.2 Å². The highest BCUT2D eigenvalue weighted by Crippen LogP contribution is 2.30. The zero-order valence-corrected chi connectivity index (χ0v) is 18.0. The van der Waals surface area contributed by atoms with Crippen LogP contribution in [0.2, 0.25) is 0 Å². The van der Waals surface area contributed by atoms with Crippen molar-refractivity contribution in [1.82, 2.24) is 4.90 Å². The number of ether oxygens (including phenoxy) is 2. The van der Waals surface area contributed by atoms with E-state index in [1.165, 1.54) is 7.11 Å². The number of nitrogens with zero attached hydrogens (tertiary/aromatic N) is 2. The second kappa shape index (κ2) is 9.17. The van der Waals surface area contributed by atoms with Crippen LogP contribution in [0.15, 0.2) is 48.5 Å². The summed E-state index contributed by atoms with van der Waals surface area (Å²) in [5.74, 6) is -0.140. The third kappa shape index (κ3) is 5.10. The summed E-state index contributed by atoms with van der Waals surface area (Å²) >= 11 is 0. The molecule has 0 aliphatic carbocycles. The van der Waals surface area contributed by atoms with Gasteiger partial charge < -0.3 is 24.6 Å². The second-order valence-corrected chi connectivity index (χ2v) is 7.89. The molecule has 0 unspecified atom stereocenters. The van der Waals surface area contributed by atoms with Gasteiger partial charge in [0, 0.05) is 26.2 Å². The lowest BCUT2D eigenvalue weighted by Crippen LogP contribution is -2.45. The maximum absolute atomic E-state index is 13.1. The van der Waals surface area contributed by atoms with Crippen molar-refractivity contribution in [3.8, 4) is 5.75 Å². The first-order valence-corrected chi connectivity index (χ1v) is 10.0. The molecule has 7 nitrogen and oxygen atoms in total. The van der Waals surface area contributed by atoms with E-state index in [0.29, 0.717) is 17.0 Å². The number of anilines is 2. The summed E-state index contributed by atoms with van der Waals surface area (Å²) < 4.78 is 10.8. The van der Waals surface area contributed by atoms with Gasteiger partial charge in [0.05, 0.1) is 24.0 Å². The predicted octanol–water partition coefficient (Wildman–Crippen LogP) is 3.02. The smallest absolute Gasteiger partial charge is 0.337 e. The molecule has 2 aromatic rings. The Balaban J connectivity index is 1.86. The molecule has 30 heavy (non-hydrogen) atoms. The minimum atomic E-state index is -1.11. The van der Waals surface area contributed by atoms with Crippen molar-refractivity contribution in [3.05, 3.63) is 54.1 Å². The molecular weight excluding hydrogens is 382 g/mol. The molecule has 1 fully saturated rings. The fourth-order valence-electron chi connectivity index (χ4n) is 3.31. The third-order valence-corrected chi connectivity index (χ3v) is 5.17. The van der Waals surface area contributed by atoms with E-state index in [0.717, 1.165) is 31.9 Å². The Bertz CT molecular complexity index is 891. The number of amides is 1. The number of piperazine rings is 1. The lowest BCUT2D eigenvalue weighted by atomic mass is 10.1. The molecule has 0 saturated carbocycles. The van der Waals surface area contributed by atoms with Crippen molar-refractivity contribution in [2.75, 3.05) is 50.6 Å². The Labute approximate surface area is 177 Å². The van der Waals surface area contributed by atoms with E-state index in [4.69, 9.17) is 9.47 Å². The summed E-state index contributed by atoms with van der Waals surface area (Å²) in [6, 6.07) is 14.5. The van der Waals surface area contributed by atoms with Crippen LogP contribution >= 0.6 is 0 Å². The number of methoxy groups -OCH3 is 1. The predicted molar refractivity (Wildman–Crippen MR) is 117 cm³/mol. The summed E-state index contributed by atoms with van der Waals surface area (Å²) in [6.45, 7) is 6.95. The van der Waals surface area contributed by atoms with Gasteiger partial charge in [0.1, 0.15) is 5.75 Å². The lowest BCUT2D eigenvalue weighted by molar-refractivity contribution is -0.128. The first-order chi connectivity index (χ1) is 14.3. The van der Waals surface area contributed by atoms with Crippen LogP contribution in [0.5, 0.6) is 5.75 Å². The van der Waals surface area contributed by atoms with Gasteiger partial charge in [-0.1, -0.05) is 18.2 Å². The number of benzene rings is 2. The van der Waals surface area contributed by atoms with Gasteiger partial charge in [-0.2, -0.15) is 0 Å². The Morgan fingerprint density at radius 1 is 1.00 bits per heavy atom. The quantitative estimate of drug-likeness (QED) is 0.737. The molecule has 0 atom stereocenters. The van der Waals surface area contributed by atoms with Crippen LogP contribution < -0.4 is 15.0 Å². The molecule has 1 heterocycles. The molecule has 1 aliphatic heterocycles. The largest absolute Gasteiger partial charge is 0.478 e. The Kier molecular flexibility index (Phi) is 6.62. The molecule has 0 bridgehead atoms. The molecule has 0 aromatic heterocycles. The Morgan fingerprint density at radius 3 is 2.30 bits per heavy atom. The summed E-state index contributed by atoms with van der Waals surface area (Å²) in [7, 11) is 3.43. The molecule has 1 saturated heterocycles. The van der Waals surface area contributed by atoms with Crippen LogP contribution in [0, 0.1) is 0 Å². The van der Waals surface area contributed by atoms with Crippen LogP contribution in [-0.4, -0.2) is 62.7 Å². The van der Waals surface area contributed by atoms with Gasteiger partial charge in [0.2, 0.25) is 0 Å². The molecule has 160 valence electrons. The monoisotopic (exact) mass is 411 g/mol. The fourth-order valence-corrected chi connectivity index (χ4v) is 3.31. The summed E-state index contributed by atoms with van der Waals surface area (Å²) in [4.78, 5) is 29.6. The van der Waals surface area contributed by atoms with Gasteiger partial charge >= 0.3 is 5.97 Å². The molecule has 1 amide bonds. The van der Waals surface area contributed by atoms with Crippen LogP contribution in [0.4, 0.5) is 11.4 Å². The molecule has 1 aliphatic rings. The molecular formula is C23H29N3O4. The second-order valence-electron chi connectivity index (χ2n) is 7.89. The number of hydrogen-bond acceptors (Lipinski definition) is 6. The molecule has 7 heteroatoms. The van der Waals surface area contributed by atoms with Crippen molar-refractivity contribution in [2.24, 2.45) is 0 Å². The summed E-state index contributed by atoms with van der Waals surface area (Å²) in [6.07, 6.45) is 0. The minimum absolute atomic E-state index is 0.302. The van der Waals surface area contributed by atoms with Crippen molar-refractivity contribution < 1.29 is 19.1 Å². The highest BCUT2D eigenvalue weighted by Gasteiger charge is 2.31. The maximum atomic E-state index is 13.1. The first-order valence-electron chi connectivity index (χ1n) is 10.0.